The summed E-state index contributed by atoms with van der Waals surface area (Å²) in [5.41, 5.74) is -4.63. The van der Waals surface area contributed by atoms with Crippen molar-refractivity contribution in [2.45, 2.75) is 18.3 Å². The minimum Gasteiger partial charge on any atom is -0.490 e. The fraction of sp³-hybridized carbons (Fsp3) is 0.235. The number of benzene rings is 1. The van der Waals surface area contributed by atoms with E-state index in [4.69, 9.17) is 27.9 Å². The highest BCUT2D eigenvalue weighted by atomic mass is 35.5. The molecule has 0 radical (unpaired) electrons. The van der Waals surface area contributed by atoms with Crippen molar-refractivity contribution < 1.29 is 30.5 Å². The van der Waals surface area contributed by atoms with Gasteiger partial charge in [-0.25, -0.2) is 4.98 Å². The monoisotopic (exact) mass is 453 g/mol. The van der Waals surface area contributed by atoms with Gasteiger partial charge in [-0.3, -0.25) is 0 Å². The molecule has 0 saturated carbocycles. The third kappa shape index (κ3) is 3.66. The Kier molecular flexibility index (Phi) is 5.28. The normalized spacial score (nSPS) is 16.4. The van der Waals surface area contributed by atoms with Gasteiger partial charge in [0.25, 0.3) is 0 Å². The van der Waals surface area contributed by atoms with E-state index < -0.39 is 21.4 Å². The zero-order valence-electron chi connectivity index (χ0n) is 14.2. The highest BCUT2D eigenvalue weighted by Gasteiger charge is 2.49. The molecule has 0 saturated heterocycles. The third-order valence-corrected chi connectivity index (χ3v) is 5.80. The summed E-state index contributed by atoms with van der Waals surface area (Å²) < 4.78 is 70.2. The smallest absolute Gasteiger partial charge is 0.490 e. The maximum absolute atomic E-state index is 12.6. The molecule has 1 aliphatic heterocycles. The van der Waals surface area contributed by atoms with E-state index in [2.05, 4.69) is 15.7 Å². The van der Waals surface area contributed by atoms with Crippen LogP contribution in [0.25, 0.3) is 17.0 Å². The first-order chi connectivity index (χ1) is 12.9. The molecule has 0 aliphatic carbocycles. The van der Waals surface area contributed by atoms with E-state index >= 15 is 0 Å². The number of rotatable bonds is 4. The van der Waals surface area contributed by atoms with E-state index in [1.165, 1.54) is 6.07 Å². The maximum atomic E-state index is 12.6. The number of halogens is 5. The molecule has 1 aromatic heterocycles. The highest BCUT2D eigenvalue weighted by molar-refractivity contribution is 7.87. The Labute approximate surface area is 168 Å². The Balaban J connectivity index is 2.14. The van der Waals surface area contributed by atoms with Crippen LogP contribution in [-0.2, 0) is 14.3 Å². The average molecular weight is 454 g/mol. The predicted molar refractivity (Wildman–Crippen MR) is 98.7 cm³/mol. The van der Waals surface area contributed by atoms with E-state index in [0.29, 0.717) is 23.5 Å². The summed E-state index contributed by atoms with van der Waals surface area (Å²) in [4.78, 5) is 4.19. The number of alkyl halides is 3. The van der Waals surface area contributed by atoms with Gasteiger partial charge < -0.3 is 8.92 Å². The first kappa shape index (κ1) is 20.8. The van der Waals surface area contributed by atoms with E-state index in [-0.39, 0.29) is 27.4 Å². The van der Waals surface area contributed by atoms with Crippen molar-refractivity contribution in [2.75, 3.05) is 6.61 Å². The lowest BCUT2D eigenvalue weighted by molar-refractivity contribution is -0.0509. The van der Waals surface area contributed by atoms with Crippen molar-refractivity contribution in [3.05, 3.63) is 52.1 Å². The minimum atomic E-state index is -5.88. The largest absolute Gasteiger partial charge is 0.534 e. The van der Waals surface area contributed by atoms with Crippen molar-refractivity contribution in [2.24, 2.45) is 0 Å². The van der Waals surface area contributed by atoms with Gasteiger partial charge in [0.05, 0.1) is 16.7 Å². The van der Waals surface area contributed by atoms with Gasteiger partial charge in [-0.15, -0.1) is 0 Å². The van der Waals surface area contributed by atoms with Crippen LogP contribution in [0.15, 0.2) is 30.8 Å². The van der Waals surface area contributed by atoms with Gasteiger partial charge in [0.15, 0.2) is 5.76 Å². The van der Waals surface area contributed by atoms with Gasteiger partial charge in [-0.1, -0.05) is 48.8 Å². The van der Waals surface area contributed by atoms with Crippen LogP contribution in [-0.4, -0.2) is 25.5 Å². The number of aromatic nitrogens is 1. The van der Waals surface area contributed by atoms with Crippen LogP contribution in [0, 0.1) is 0 Å². The molecular weight excluding hydrogens is 442 g/mol. The lowest BCUT2D eigenvalue weighted by Gasteiger charge is -2.15. The summed E-state index contributed by atoms with van der Waals surface area (Å²) in [6.07, 6.45) is 0. The lowest BCUT2D eigenvalue weighted by Crippen LogP contribution is -2.25. The molecule has 0 amide bonds. The maximum Gasteiger partial charge on any atom is 0.534 e. The number of hydrogen-bond donors (Lipinski definition) is 0. The van der Waals surface area contributed by atoms with E-state index in [9.17, 15) is 21.6 Å². The fourth-order valence-electron chi connectivity index (χ4n) is 2.60. The Morgan fingerprint density at radius 3 is 2.68 bits per heavy atom. The van der Waals surface area contributed by atoms with E-state index in [1.807, 2.05) is 6.92 Å². The SMILES string of the molecule is C=C(OS(=O)(=O)C(F)(F)F)c1cc2c(c(-c3cccc(Cl)c3Cl)n1)OCC2C. The van der Waals surface area contributed by atoms with Crippen molar-refractivity contribution in [1.29, 1.82) is 0 Å². The Bertz CT molecular complexity index is 1070. The molecule has 5 nitrogen and oxygen atoms in total. The quantitative estimate of drug-likeness (QED) is 0.352. The number of ether oxygens (including phenoxy) is 1. The second-order valence-electron chi connectivity index (χ2n) is 5.99. The molecule has 1 atom stereocenters. The Morgan fingerprint density at radius 1 is 1.36 bits per heavy atom. The number of nitrogens with zero attached hydrogens (tertiary/aromatic N) is 1. The van der Waals surface area contributed by atoms with Crippen LogP contribution >= 0.6 is 23.2 Å². The molecule has 0 spiro atoms. The summed E-state index contributed by atoms with van der Waals surface area (Å²) in [5.74, 6) is -0.522. The van der Waals surface area contributed by atoms with Crippen LogP contribution in [0.2, 0.25) is 10.0 Å². The van der Waals surface area contributed by atoms with Gasteiger partial charge >= 0.3 is 15.6 Å². The van der Waals surface area contributed by atoms with E-state index in [1.54, 1.807) is 18.2 Å². The molecule has 0 fully saturated rings. The van der Waals surface area contributed by atoms with Gasteiger partial charge in [-0.05, 0) is 12.1 Å². The van der Waals surface area contributed by atoms with E-state index in [0.717, 1.165) is 0 Å². The van der Waals surface area contributed by atoms with Gasteiger partial charge in [-0.2, -0.15) is 21.6 Å². The molecule has 28 heavy (non-hydrogen) atoms. The van der Waals surface area contributed by atoms with Crippen LogP contribution in [0.4, 0.5) is 13.2 Å². The molecular formula is C17H12Cl2F3NO4S. The zero-order chi connectivity index (χ0) is 20.9. The van der Waals surface area contributed by atoms with Crippen LogP contribution in [0.3, 0.4) is 0 Å². The molecule has 0 bridgehead atoms. The first-order valence-corrected chi connectivity index (χ1v) is 9.91. The Morgan fingerprint density at radius 2 is 2.04 bits per heavy atom. The second-order valence-corrected chi connectivity index (χ2v) is 8.32. The molecule has 1 aliphatic rings. The molecule has 2 aromatic rings. The molecule has 1 aromatic carbocycles. The average Bonchev–Trinajstić information content (AvgIpc) is 2.96. The van der Waals surface area contributed by atoms with Crippen LogP contribution in [0.5, 0.6) is 5.75 Å². The standard InChI is InChI=1S/C17H12Cl2F3NO4S/c1-8-7-26-16-11(8)6-13(9(2)27-28(24,25)17(20,21)22)23-15(16)10-4-3-5-12(18)14(10)19/h3-6,8H,2,7H2,1H3. The summed E-state index contributed by atoms with van der Waals surface area (Å²) in [7, 11) is -5.88. The molecule has 150 valence electrons. The second kappa shape index (κ2) is 7.13. The zero-order valence-corrected chi connectivity index (χ0v) is 16.5. The molecule has 0 N–H and O–H groups in total. The minimum absolute atomic E-state index is 0.125. The van der Waals surface area contributed by atoms with Crippen molar-refractivity contribution >= 4 is 39.1 Å². The van der Waals surface area contributed by atoms with Gasteiger partial charge in [0.1, 0.15) is 17.1 Å². The van der Waals surface area contributed by atoms with Crippen LogP contribution < -0.4 is 4.74 Å². The molecule has 1 unspecified atom stereocenters. The topological polar surface area (TPSA) is 65.5 Å². The first-order valence-electron chi connectivity index (χ1n) is 7.74. The summed E-state index contributed by atoms with van der Waals surface area (Å²) in [6.45, 7) is 5.42. The molecule has 2 heterocycles. The molecule has 3 rings (SSSR count). The van der Waals surface area contributed by atoms with Crippen molar-refractivity contribution in [3.8, 4) is 17.0 Å². The summed E-state index contributed by atoms with van der Waals surface area (Å²) in [5, 5.41) is 0.398. The lowest BCUT2D eigenvalue weighted by atomic mass is 9.99. The van der Waals surface area contributed by atoms with Crippen molar-refractivity contribution in [1.82, 2.24) is 4.98 Å². The number of pyridine rings is 1. The predicted octanol–water partition coefficient (Wildman–Crippen LogP) is 5.39. The van der Waals surface area contributed by atoms with Crippen LogP contribution in [0.1, 0.15) is 24.1 Å². The summed E-state index contributed by atoms with van der Waals surface area (Å²) >= 11 is 12.3. The molecule has 11 heteroatoms. The van der Waals surface area contributed by atoms with Crippen molar-refractivity contribution in [3.63, 3.8) is 0 Å². The summed E-state index contributed by atoms with van der Waals surface area (Å²) in [6, 6.07) is 6.15. The Hall–Kier alpha value is -1.97. The van der Waals surface area contributed by atoms with Gasteiger partial charge in [0, 0.05) is 17.0 Å². The number of fused-ring (bicyclic) bond motifs is 1. The number of hydrogen-bond acceptors (Lipinski definition) is 5. The highest BCUT2D eigenvalue weighted by Crippen LogP contribution is 2.45. The van der Waals surface area contributed by atoms with Gasteiger partial charge in [0.2, 0.25) is 0 Å². The fourth-order valence-corrected chi connectivity index (χ4v) is 3.44. The third-order valence-electron chi connectivity index (χ3n) is 4.00.